The summed E-state index contributed by atoms with van der Waals surface area (Å²) in [6, 6.07) is 6.63. The molecule has 0 aliphatic carbocycles. The Kier molecular flexibility index (Phi) is 5.52. The quantitative estimate of drug-likeness (QED) is 0.463. The molecule has 0 atom stereocenters. The van der Waals surface area contributed by atoms with E-state index >= 15 is 0 Å². The average molecular weight is 328 g/mol. The molecular weight excluding hydrogens is 308 g/mol. The molecule has 0 saturated heterocycles. The van der Waals surface area contributed by atoms with Crippen LogP contribution in [0.4, 0.5) is 0 Å². The summed E-state index contributed by atoms with van der Waals surface area (Å²) in [6.07, 6.45) is 2.95. The number of benzene rings is 1. The van der Waals surface area contributed by atoms with E-state index in [-0.39, 0.29) is 12.4 Å². The highest BCUT2D eigenvalue weighted by molar-refractivity contribution is 5.99. The van der Waals surface area contributed by atoms with E-state index in [2.05, 4.69) is 5.10 Å². The Hall–Kier alpha value is -2.89. The minimum atomic E-state index is -0.570. The Labute approximate surface area is 140 Å². The van der Waals surface area contributed by atoms with E-state index in [1.54, 1.807) is 42.1 Å². The second kappa shape index (κ2) is 7.59. The van der Waals surface area contributed by atoms with Crippen molar-refractivity contribution < 1.29 is 19.1 Å². The van der Waals surface area contributed by atoms with Crippen LogP contribution < -0.4 is 4.74 Å². The highest BCUT2D eigenvalue weighted by Gasteiger charge is 2.10. The molecule has 0 spiro atoms. The fourth-order valence-electron chi connectivity index (χ4n) is 2.23. The largest absolute Gasteiger partial charge is 0.497 e. The number of methoxy groups -OCH3 is 1. The van der Waals surface area contributed by atoms with Gasteiger partial charge in [-0.3, -0.25) is 9.48 Å². The minimum absolute atomic E-state index is 0.270. The summed E-state index contributed by atoms with van der Waals surface area (Å²) in [7, 11) is 3.39. The number of aromatic nitrogens is 2. The third-order valence-electron chi connectivity index (χ3n) is 3.71. The first-order valence-corrected chi connectivity index (χ1v) is 7.44. The normalized spacial score (nSPS) is 10.8. The number of aryl methyl sites for hydroxylation is 2. The number of nitrogens with zero attached hydrogens (tertiary/aromatic N) is 2. The molecule has 6 nitrogen and oxygen atoms in total. The number of Topliss-reactive ketones (excluding diaryl/α,β-unsaturated/α-hetero) is 1. The average Bonchev–Trinajstić information content (AvgIpc) is 2.83. The minimum Gasteiger partial charge on any atom is -0.497 e. The number of hydrogen-bond acceptors (Lipinski definition) is 5. The topological polar surface area (TPSA) is 70.4 Å². The van der Waals surface area contributed by atoms with Crippen LogP contribution in [0.25, 0.3) is 6.08 Å². The van der Waals surface area contributed by atoms with Crippen LogP contribution in [0, 0.1) is 13.8 Å². The maximum absolute atomic E-state index is 12.0. The summed E-state index contributed by atoms with van der Waals surface area (Å²) < 4.78 is 11.8. The first kappa shape index (κ1) is 17.5. The van der Waals surface area contributed by atoms with Crippen molar-refractivity contribution in [2.45, 2.75) is 13.8 Å². The van der Waals surface area contributed by atoms with E-state index in [0.29, 0.717) is 11.3 Å². The summed E-state index contributed by atoms with van der Waals surface area (Å²) in [4.78, 5) is 23.8. The van der Waals surface area contributed by atoms with Crippen LogP contribution in [0.1, 0.15) is 27.3 Å². The van der Waals surface area contributed by atoms with Gasteiger partial charge >= 0.3 is 5.97 Å². The molecule has 2 rings (SSSR count). The third kappa shape index (κ3) is 4.10. The number of ether oxygens (including phenoxy) is 2. The second-order valence-electron chi connectivity index (χ2n) is 5.30. The van der Waals surface area contributed by atoms with Gasteiger partial charge in [-0.15, -0.1) is 0 Å². The predicted molar refractivity (Wildman–Crippen MR) is 90.0 cm³/mol. The third-order valence-corrected chi connectivity index (χ3v) is 3.71. The van der Waals surface area contributed by atoms with Crippen molar-refractivity contribution >= 4 is 17.8 Å². The van der Waals surface area contributed by atoms with Gasteiger partial charge in [-0.25, -0.2) is 4.79 Å². The van der Waals surface area contributed by atoms with E-state index in [1.165, 1.54) is 6.08 Å². The van der Waals surface area contributed by atoms with E-state index in [1.807, 2.05) is 20.9 Å². The number of hydrogen-bond donors (Lipinski definition) is 0. The highest BCUT2D eigenvalue weighted by atomic mass is 16.5. The Bertz CT molecular complexity index is 773. The van der Waals surface area contributed by atoms with Crippen molar-refractivity contribution in [1.29, 1.82) is 0 Å². The van der Waals surface area contributed by atoms with Crippen LogP contribution in [0.3, 0.4) is 0 Å². The van der Waals surface area contributed by atoms with Crippen molar-refractivity contribution in [3.63, 3.8) is 0 Å². The molecule has 0 saturated carbocycles. The Balaban J connectivity index is 1.92. The van der Waals surface area contributed by atoms with E-state index in [0.717, 1.165) is 17.0 Å². The standard InChI is InChI=1S/C18H20N2O4/c1-12-16(13(2)20(3)19-12)9-10-18(22)24-11-17(21)14-5-7-15(23-4)8-6-14/h5-10H,11H2,1-4H3/b10-9+. The number of ketones is 1. The number of carbonyl (C=O) groups is 2. The molecule has 0 amide bonds. The summed E-state index contributed by atoms with van der Waals surface area (Å²) >= 11 is 0. The molecule has 0 aliphatic rings. The monoisotopic (exact) mass is 328 g/mol. The van der Waals surface area contributed by atoms with Gasteiger partial charge in [-0.05, 0) is 44.2 Å². The molecule has 0 aliphatic heterocycles. The van der Waals surface area contributed by atoms with Crippen molar-refractivity contribution in [3.8, 4) is 5.75 Å². The van der Waals surface area contributed by atoms with E-state index in [4.69, 9.17) is 9.47 Å². The fraction of sp³-hybridized carbons (Fsp3) is 0.278. The van der Waals surface area contributed by atoms with Crippen LogP contribution in [0.2, 0.25) is 0 Å². The molecule has 1 aromatic heterocycles. The van der Waals surface area contributed by atoms with Crippen LogP contribution >= 0.6 is 0 Å². The second-order valence-corrected chi connectivity index (χ2v) is 5.30. The van der Waals surface area contributed by atoms with Gasteiger partial charge in [0.15, 0.2) is 12.4 Å². The molecule has 1 aromatic carbocycles. The fourth-order valence-corrected chi connectivity index (χ4v) is 2.23. The number of esters is 1. The van der Waals surface area contributed by atoms with Gasteiger partial charge < -0.3 is 9.47 Å². The molecule has 0 N–H and O–H groups in total. The zero-order valence-electron chi connectivity index (χ0n) is 14.2. The maximum Gasteiger partial charge on any atom is 0.331 e. The van der Waals surface area contributed by atoms with Gasteiger partial charge in [-0.1, -0.05) is 0 Å². The van der Waals surface area contributed by atoms with Gasteiger partial charge in [-0.2, -0.15) is 5.10 Å². The lowest BCUT2D eigenvalue weighted by molar-refractivity contribution is -0.136. The summed E-state index contributed by atoms with van der Waals surface area (Å²) in [5.74, 6) is -0.179. The zero-order valence-corrected chi connectivity index (χ0v) is 14.2. The van der Waals surface area contributed by atoms with Crippen molar-refractivity contribution in [2.75, 3.05) is 13.7 Å². The molecule has 0 bridgehead atoms. The Morgan fingerprint density at radius 3 is 2.42 bits per heavy atom. The molecule has 126 valence electrons. The zero-order chi connectivity index (χ0) is 17.7. The van der Waals surface area contributed by atoms with Crippen molar-refractivity contribution in [3.05, 3.63) is 52.9 Å². The molecule has 0 radical (unpaired) electrons. The smallest absolute Gasteiger partial charge is 0.331 e. The summed E-state index contributed by atoms with van der Waals surface area (Å²) in [5, 5.41) is 4.27. The molecule has 2 aromatic rings. The van der Waals surface area contributed by atoms with Crippen molar-refractivity contribution in [1.82, 2.24) is 9.78 Å². The van der Waals surface area contributed by atoms with Gasteiger partial charge in [0.2, 0.25) is 0 Å². The Morgan fingerprint density at radius 1 is 1.21 bits per heavy atom. The van der Waals surface area contributed by atoms with Gasteiger partial charge in [0.1, 0.15) is 5.75 Å². The lowest BCUT2D eigenvalue weighted by Gasteiger charge is -2.03. The first-order chi connectivity index (χ1) is 11.4. The highest BCUT2D eigenvalue weighted by Crippen LogP contribution is 2.14. The van der Waals surface area contributed by atoms with Gasteiger partial charge in [0, 0.05) is 29.9 Å². The van der Waals surface area contributed by atoms with E-state index < -0.39 is 5.97 Å². The Morgan fingerprint density at radius 2 is 1.88 bits per heavy atom. The van der Waals surface area contributed by atoms with Crippen molar-refractivity contribution in [2.24, 2.45) is 7.05 Å². The first-order valence-electron chi connectivity index (χ1n) is 7.44. The number of carbonyl (C=O) groups excluding carboxylic acids is 2. The molecule has 0 fully saturated rings. The molecule has 24 heavy (non-hydrogen) atoms. The molecular formula is C18H20N2O4. The summed E-state index contributed by atoms with van der Waals surface area (Å²) in [5.41, 5.74) is 3.11. The summed E-state index contributed by atoms with van der Waals surface area (Å²) in [6.45, 7) is 3.48. The van der Waals surface area contributed by atoms with Crippen LogP contribution in [0.15, 0.2) is 30.3 Å². The van der Waals surface area contributed by atoms with Crippen LogP contribution in [-0.2, 0) is 16.6 Å². The lowest BCUT2D eigenvalue weighted by Crippen LogP contribution is -2.12. The van der Waals surface area contributed by atoms with Gasteiger partial charge in [0.05, 0.1) is 12.8 Å². The lowest BCUT2D eigenvalue weighted by atomic mass is 10.1. The molecule has 0 unspecified atom stereocenters. The maximum atomic E-state index is 12.0. The SMILES string of the molecule is COc1ccc(C(=O)COC(=O)/C=C/c2c(C)nn(C)c2C)cc1. The number of rotatable bonds is 6. The van der Waals surface area contributed by atoms with Crippen LogP contribution in [0.5, 0.6) is 5.75 Å². The molecule has 6 heteroatoms. The predicted octanol–water partition coefficient (Wildman–Crippen LogP) is 2.48. The van der Waals surface area contributed by atoms with Crippen LogP contribution in [-0.4, -0.2) is 35.2 Å². The van der Waals surface area contributed by atoms with E-state index in [9.17, 15) is 9.59 Å². The molecule has 1 heterocycles. The van der Waals surface area contributed by atoms with Gasteiger partial charge in [0.25, 0.3) is 0 Å².